The first kappa shape index (κ1) is 18.4. The number of benzene rings is 1. The lowest BCUT2D eigenvalue weighted by Crippen LogP contribution is -2.42. The van der Waals surface area contributed by atoms with Crippen molar-refractivity contribution < 1.29 is 17.2 Å². The molecule has 0 radical (unpaired) electrons. The molecule has 2 aromatic rings. The van der Waals surface area contributed by atoms with Gasteiger partial charge in [-0.25, -0.2) is 17.5 Å². The average molecular weight is 384 g/mol. The number of rotatable bonds is 6. The van der Waals surface area contributed by atoms with Gasteiger partial charge in [-0.1, -0.05) is 0 Å². The van der Waals surface area contributed by atoms with E-state index in [1.807, 2.05) is 17.8 Å². The molecule has 5 nitrogen and oxygen atoms in total. The molecule has 1 aliphatic heterocycles. The van der Waals surface area contributed by atoms with Crippen LogP contribution in [0.1, 0.15) is 17.4 Å². The second-order valence-corrected chi connectivity index (χ2v) is 8.90. The minimum atomic E-state index is -3.72. The lowest BCUT2D eigenvalue weighted by atomic mass is 10.2. The highest BCUT2D eigenvalue weighted by Gasteiger charge is 2.27. The Morgan fingerprint density at radius 1 is 1.32 bits per heavy atom. The lowest BCUT2D eigenvalue weighted by molar-refractivity contribution is 0.193. The smallest absolute Gasteiger partial charge is 0.240 e. The summed E-state index contributed by atoms with van der Waals surface area (Å²) in [6.07, 6.45) is 1.60. The van der Waals surface area contributed by atoms with Gasteiger partial charge in [-0.15, -0.1) is 0 Å². The van der Waals surface area contributed by atoms with Crippen molar-refractivity contribution in [3.63, 3.8) is 0 Å². The van der Waals surface area contributed by atoms with Crippen LogP contribution in [0, 0.1) is 12.7 Å². The van der Waals surface area contributed by atoms with Crippen LogP contribution in [0.3, 0.4) is 0 Å². The average Bonchev–Trinajstić information content (AvgIpc) is 3.10. The number of furan rings is 1. The quantitative estimate of drug-likeness (QED) is 0.830. The topological polar surface area (TPSA) is 62.6 Å². The molecule has 1 aromatic carbocycles. The molecule has 8 heteroatoms. The highest BCUT2D eigenvalue weighted by molar-refractivity contribution is 7.99. The van der Waals surface area contributed by atoms with E-state index in [1.54, 1.807) is 19.3 Å². The highest BCUT2D eigenvalue weighted by Crippen LogP contribution is 2.25. The summed E-state index contributed by atoms with van der Waals surface area (Å²) in [6, 6.07) is 7.19. The first-order valence-corrected chi connectivity index (χ1v) is 10.7. The van der Waals surface area contributed by atoms with Crippen LogP contribution >= 0.6 is 11.8 Å². The van der Waals surface area contributed by atoms with E-state index in [2.05, 4.69) is 9.62 Å². The van der Waals surface area contributed by atoms with E-state index in [1.165, 1.54) is 12.1 Å². The summed E-state index contributed by atoms with van der Waals surface area (Å²) in [5.74, 6) is 2.32. The Kier molecular flexibility index (Phi) is 5.83. The highest BCUT2D eigenvalue weighted by atomic mass is 32.2. The zero-order valence-corrected chi connectivity index (χ0v) is 15.6. The van der Waals surface area contributed by atoms with Gasteiger partial charge in [-0.05, 0) is 42.8 Å². The number of nitrogens with one attached hydrogen (secondary N) is 1. The number of thioether (sulfide) groups is 1. The first-order valence-electron chi connectivity index (χ1n) is 8.08. The van der Waals surface area contributed by atoms with Crippen LogP contribution in [0.25, 0.3) is 0 Å². The molecule has 0 aliphatic carbocycles. The SMILES string of the molecule is Cc1cc(F)ccc1S(=O)(=O)NC[C@@H](c1ccco1)N1CCSCC1. The normalized spacial score (nSPS) is 17.5. The maximum absolute atomic E-state index is 13.2. The molecule has 0 spiro atoms. The van der Waals surface area contributed by atoms with Crippen molar-refractivity contribution in [1.82, 2.24) is 9.62 Å². The Hall–Kier alpha value is -1.35. The second kappa shape index (κ2) is 7.90. The maximum atomic E-state index is 13.2. The Labute approximate surface area is 151 Å². The molecular weight excluding hydrogens is 363 g/mol. The van der Waals surface area contributed by atoms with Crippen molar-refractivity contribution in [2.75, 3.05) is 31.1 Å². The van der Waals surface area contributed by atoms with Crippen molar-refractivity contribution in [1.29, 1.82) is 0 Å². The van der Waals surface area contributed by atoms with Gasteiger partial charge >= 0.3 is 0 Å². The van der Waals surface area contributed by atoms with Gasteiger partial charge in [0, 0.05) is 31.1 Å². The molecule has 1 aliphatic rings. The van der Waals surface area contributed by atoms with Crippen molar-refractivity contribution in [2.24, 2.45) is 0 Å². The minimum Gasteiger partial charge on any atom is -0.468 e. The number of aryl methyl sites for hydroxylation is 1. The number of nitrogens with zero attached hydrogens (tertiary/aromatic N) is 1. The number of sulfonamides is 1. The summed E-state index contributed by atoms with van der Waals surface area (Å²) >= 11 is 1.89. The molecule has 1 saturated heterocycles. The molecule has 0 amide bonds. The van der Waals surface area contributed by atoms with Crippen molar-refractivity contribution in [2.45, 2.75) is 17.9 Å². The van der Waals surface area contributed by atoms with Gasteiger partial charge in [0.25, 0.3) is 0 Å². The second-order valence-electron chi connectivity index (χ2n) is 5.94. The summed E-state index contributed by atoms with van der Waals surface area (Å²) in [7, 11) is -3.72. The van der Waals surface area contributed by atoms with Crippen LogP contribution in [0.5, 0.6) is 0 Å². The van der Waals surface area contributed by atoms with Gasteiger partial charge < -0.3 is 4.42 Å². The van der Waals surface area contributed by atoms with Crippen molar-refractivity contribution in [3.05, 3.63) is 53.7 Å². The van der Waals surface area contributed by atoms with Crippen LogP contribution < -0.4 is 4.72 Å². The van der Waals surface area contributed by atoms with E-state index in [0.29, 0.717) is 5.56 Å². The van der Waals surface area contributed by atoms with Crippen LogP contribution in [0.15, 0.2) is 45.9 Å². The molecule has 0 saturated carbocycles. The summed E-state index contributed by atoms with van der Waals surface area (Å²) in [6.45, 7) is 3.56. The third-order valence-electron chi connectivity index (χ3n) is 4.25. The molecule has 0 unspecified atom stereocenters. The summed E-state index contributed by atoms with van der Waals surface area (Å²) in [5.41, 5.74) is 0.386. The summed E-state index contributed by atoms with van der Waals surface area (Å²) < 4.78 is 46.7. The monoisotopic (exact) mass is 384 g/mol. The largest absolute Gasteiger partial charge is 0.468 e. The molecular formula is C17H21FN2O3S2. The zero-order valence-electron chi connectivity index (χ0n) is 13.9. The molecule has 25 heavy (non-hydrogen) atoms. The predicted molar refractivity (Wildman–Crippen MR) is 96.7 cm³/mol. The van der Waals surface area contributed by atoms with Crippen molar-refractivity contribution in [3.8, 4) is 0 Å². The Balaban J connectivity index is 1.78. The minimum absolute atomic E-state index is 0.0984. The van der Waals surface area contributed by atoms with Crippen LogP contribution in [-0.2, 0) is 10.0 Å². The lowest BCUT2D eigenvalue weighted by Gasteiger charge is -2.33. The van der Waals surface area contributed by atoms with E-state index < -0.39 is 15.8 Å². The number of halogens is 1. The molecule has 1 N–H and O–H groups in total. The van der Waals surface area contributed by atoms with Crippen LogP contribution in [0.4, 0.5) is 4.39 Å². The van der Waals surface area contributed by atoms with Crippen LogP contribution in [0.2, 0.25) is 0 Å². The van der Waals surface area contributed by atoms with Gasteiger partial charge in [0.1, 0.15) is 11.6 Å². The Morgan fingerprint density at radius 2 is 2.08 bits per heavy atom. The van der Waals surface area contributed by atoms with E-state index in [0.717, 1.165) is 36.4 Å². The summed E-state index contributed by atoms with van der Waals surface area (Å²) in [5, 5.41) is 0. The van der Waals surface area contributed by atoms with Gasteiger partial charge in [-0.2, -0.15) is 11.8 Å². The molecule has 1 fully saturated rings. The van der Waals surface area contributed by atoms with Gasteiger partial charge in [0.05, 0.1) is 17.2 Å². The molecule has 2 heterocycles. The maximum Gasteiger partial charge on any atom is 0.240 e. The molecule has 3 rings (SSSR count). The first-order chi connectivity index (χ1) is 12.0. The van der Waals surface area contributed by atoms with E-state index >= 15 is 0 Å². The molecule has 136 valence electrons. The molecule has 1 atom stereocenters. The Morgan fingerprint density at radius 3 is 2.72 bits per heavy atom. The van der Waals surface area contributed by atoms with Gasteiger partial charge in [-0.3, -0.25) is 4.90 Å². The summed E-state index contributed by atoms with van der Waals surface area (Å²) in [4.78, 5) is 2.33. The Bertz CT molecular complexity index is 803. The van der Waals surface area contributed by atoms with Crippen molar-refractivity contribution >= 4 is 21.8 Å². The van der Waals surface area contributed by atoms with E-state index in [-0.39, 0.29) is 17.5 Å². The predicted octanol–water partition coefficient (Wildman–Crippen LogP) is 2.80. The number of hydrogen-bond donors (Lipinski definition) is 1. The zero-order chi connectivity index (χ0) is 17.9. The third-order valence-corrected chi connectivity index (χ3v) is 6.78. The van der Waals surface area contributed by atoms with E-state index in [4.69, 9.17) is 4.42 Å². The fourth-order valence-electron chi connectivity index (χ4n) is 2.96. The number of hydrogen-bond acceptors (Lipinski definition) is 5. The van der Waals surface area contributed by atoms with Gasteiger partial charge in [0.2, 0.25) is 10.0 Å². The fourth-order valence-corrected chi connectivity index (χ4v) is 5.15. The van der Waals surface area contributed by atoms with E-state index in [9.17, 15) is 12.8 Å². The van der Waals surface area contributed by atoms with Crippen LogP contribution in [-0.4, -0.2) is 44.5 Å². The molecule has 0 bridgehead atoms. The standard InChI is InChI=1S/C17H21FN2O3S2/c1-13-11-14(18)4-5-17(13)25(21,22)19-12-15(16-3-2-8-23-16)20-6-9-24-10-7-20/h2-5,8,11,15,19H,6-7,9-10,12H2,1H3/t15-/m0/s1. The third kappa shape index (κ3) is 4.44. The fraction of sp³-hybridized carbons (Fsp3) is 0.412. The van der Waals surface area contributed by atoms with Gasteiger partial charge in [0.15, 0.2) is 0 Å². The molecule has 1 aromatic heterocycles.